The van der Waals surface area contributed by atoms with Crippen LogP contribution in [0.25, 0.3) is 11.1 Å². The molecule has 5 heteroatoms. The zero-order valence-electron chi connectivity index (χ0n) is 9.12. The van der Waals surface area contributed by atoms with Crippen LogP contribution < -0.4 is 0 Å². The third kappa shape index (κ3) is 2.31. The number of aromatic nitrogens is 1. The molecule has 2 nitrogen and oxygen atoms in total. The maximum absolute atomic E-state index is 13.6. The van der Waals surface area contributed by atoms with E-state index in [0.29, 0.717) is 11.3 Å². The van der Waals surface area contributed by atoms with Gasteiger partial charge in [0.05, 0.1) is 23.2 Å². The predicted molar refractivity (Wildman–Crippen MR) is 63.9 cm³/mol. The van der Waals surface area contributed by atoms with E-state index in [9.17, 15) is 8.78 Å². The van der Waals surface area contributed by atoms with Gasteiger partial charge in [-0.2, -0.15) is 5.26 Å². The van der Waals surface area contributed by atoms with Gasteiger partial charge in [-0.25, -0.2) is 8.78 Å². The minimum Gasteiger partial charge on any atom is -0.258 e. The Hall–Kier alpha value is -1.99. The van der Waals surface area contributed by atoms with Crippen molar-refractivity contribution >= 4 is 11.6 Å². The molecule has 0 aliphatic rings. The first-order chi connectivity index (χ1) is 8.63. The summed E-state index contributed by atoms with van der Waals surface area (Å²) in [5.74, 6) is -1.87. The third-order valence-electron chi connectivity index (χ3n) is 2.43. The highest BCUT2D eigenvalue weighted by molar-refractivity contribution is 6.31. The third-order valence-corrected chi connectivity index (χ3v) is 2.75. The van der Waals surface area contributed by atoms with E-state index < -0.39 is 11.6 Å². The average Bonchev–Trinajstić information content (AvgIpc) is 2.35. The fourth-order valence-corrected chi connectivity index (χ4v) is 1.78. The maximum Gasteiger partial charge on any atom is 0.166 e. The first kappa shape index (κ1) is 12.5. The number of nitriles is 1. The van der Waals surface area contributed by atoms with Gasteiger partial charge >= 0.3 is 0 Å². The van der Waals surface area contributed by atoms with Crippen molar-refractivity contribution < 1.29 is 8.78 Å². The number of benzene rings is 1. The van der Waals surface area contributed by atoms with Gasteiger partial charge in [0.2, 0.25) is 0 Å². The van der Waals surface area contributed by atoms with Gasteiger partial charge in [-0.1, -0.05) is 23.7 Å². The number of hydrogen-bond donors (Lipinski definition) is 0. The van der Waals surface area contributed by atoms with Gasteiger partial charge in [-0.15, -0.1) is 0 Å². The van der Waals surface area contributed by atoms with Gasteiger partial charge in [0.25, 0.3) is 0 Å². The van der Waals surface area contributed by atoms with E-state index in [1.807, 2.05) is 6.07 Å². The lowest BCUT2D eigenvalue weighted by atomic mass is 10.1. The van der Waals surface area contributed by atoms with Gasteiger partial charge in [-0.05, 0) is 12.1 Å². The van der Waals surface area contributed by atoms with E-state index in [4.69, 9.17) is 16.9 Å². The van der Waals surface area contributed by atoms with E-state index in [0.717, 1.165) is 6.07 Å². The molecule has 1 heterocycles. The minimum absolute atomic E-state index is 0.0742. The summed E-state index contributed by atoms with van der Waals surface area (Å²) in [7, 11) is 0. The fourth-order valence-electron chi connectivity index (χ4n) is 1.55. The Morgan fingerprint density at radius 2 is 2.11 bits per heavy atom. The van der Waals surface area contributed by atoms with Crippen LogP contribution in [-0.2, 0) is 6.42 Å². The summed E-state index contributed by atoms with van der Waals surface area (Å²) in [5, 5.41) is 8.81. The van der Waals surface area contributed by atoms with Crippen molar-refractivity contribution in [1.29, 1.82) is 5.26 Å². The van der Waals surface area contributed by atoms with Gasteiger partial charge in [0.1, 0.15) is 0 Å². The number of nitrogens with zero attached hydrogens (tertiary/aromatic N) is 2. The summed E-state index contributed by atoms with van der Waals surface area (Å²) < 4.78 is 26.7. The van der Waals surface area contributed by atoms with Crippen LogP contribution in [-0.4, -0.2) is 4.98 Å². The van der Waals surface area contributed by atoms with Crippen LogP contribution in [0.15, 0.2) is 30.5 Å². The second-order valence-corrected chi connectivity index (χ2v) is 4.00. The average molecular weight is 265 g/mol. The van der Waals surface area contributed by atoms with E-state index in [-0.39, 0.29) is 17.0 Å². The Bertz CT molecular complexity index is 635. The van der Waals surface area contributed by atoms with Crippen molar-refractivity contribution in [1.82, 2.24) is 4.98 Å². The summed E-state index contributed by atoms with van der Waals surface area (Å²) in [5.41, 5.74) is 0.881. The molecule has 0 radical (unpaired) electrons. The molecule has 0 atom stereocenters. The zero-order valence-corrected chi connectivity index (χ0v) is 9.88. The standard InChI is InChI=1S/C13H7ClF2N2/c14-10-6-8(7-18-12(10)4-5-17)9-2-1-3-11(15)13(9)16/h1-3,6-7H,4H2. The Balaban J connectivity index is 2.50. The maximum atomic E-state index is 13.6. The van der Waals surface area contributed by atoms with Crippen molar-refractivity contribution in [2.45, 2.75) is 6.42 Å². The molecule has 1 aromatic carbocycles. The first-order valence-corrected chi connectivity index (χ1v) is 5.47. The molecular formula is C13H7ClF2N2. The Kier molecular flexibility index (Phi) is 3.54. The van der Waals surface area contributed by atoms with E-state index >= 15 is 0 Å². The first-order valence-electron chi connectivity index (χ1n) is 5.09. The molecule has 18 heavy (non-hydrogen) atoms. The van der Waals surface area contributed by atoms with Crippen molar-refractivity contribution in [2.24, 2.45) is 0 Å². The molecule has 0 bridgehead atoms. The number of hydrogen-bond acceptors (Lipinski definition) is 2. The number of rotatable bonds is 2. The molecule has 2 rings (SSSR count). The minimum atomic E-state index is -0.941. The fraction of sp³-hybridized carbons (Fsp3) is 0.0769. The lowest BCUT2D eigenvalue weighted by Crippen LogP contribution is -1.93. The van der Waals surface area contributed by atoms with Crippen LogP contribution in [0.3, 0.4) is 0 Å². The van der Waals surface area contributed by atoms with E-state index in [1.54, 1.807) is 0 Å². The lowest BCUT2D eigenvalue weighted by Gasteiger charge is -2.06. The Labute approximate surface area is 107 Å². The monoisotopic (exact) mass is 264 g/mol. The molecule has 0 N–H and O–H groups in total. The highest BCUT2D eigenvalue weighted by Crippen LogP contribution is 2.27. The molecule has 90 valence electrons. The van der Waals surface area contributed by atoms with Gasteiger partial charge < -0.3 is 0 Å². The number of pyridine rings is 1. The molecule has 0 saturated heterocycles. The molecule has 1 aromatic heterocycles. The molecule has 0 amide bonds. The van der Waals surface area contributed by atoms with Crippen LogP contribution in [0.4, 0.5) is 8.78 Å². The van der Waals surface area contributed by atoms with Crippen LogP contribution in [0.2, 0.25) is 5.02 Å². The summed E-state index contributed by atoms with van der Waals surface area (Å²) in [6, 6.07) is 7.28. The number of halogens is 3. The molecule has 0 saturated carbocycles. The molecule has 0 fully saturated rings. The molecule has 0 spiro atoms. The molecular weight excluding hydrogens is 258 g/mol. The normalized spacial score (nSPS) is 10.1. The highest BCUT2D eigenvalue weighted by atomic mass is 35.5. The zero-order chi connectivity index (χ0) is 13.1. The smallest absolute Gasteiger partial charge is 0.166 e. The lowest BCUT2D eigenvalue weighted by molar-refractivity contribution is 0.511. The van der Waals surface area contributed by atoms with Crippen molar-refractivity contribution in [3.05, 3.63) is 52.8 Å². The summed E-state index contributed by atoms with van der Waals surface area (Å²) in [6.45, 7) is 0. The second kappa shape index (κ2) is 5.11. The SMILES string of the molecule is N#CCc1ncc(-c2cccc(F)c2F)cc1Cl. The molecule has 0 aliphatic carbocycles. The van der Waals surface area contributed by atoms with Crippen LogP contribution >= 0.6 is 11.6 Å². The molecule has 0 unspecified atom stereocenters. The van der Waals surface area contributed by atoms with Crippen molar-refractivity contribution in [3.63, 3.8) is 0 Å². The second-order valence-electron chi connectivity index (χ2n) is 3.59. The van der Waals surface area contributed by atoms with E-state index in [1.165, 1.54) is 24.4 Å². The quantitative estimate of drug-likeness (QED) is 0.828. The van der Waals surface area contributed by atoms with E-state index in [2.05, 4.69) is 4.98 Å². The predicted octanol–water partition coefficient (Wildman–Crippen LogP) is 3.75. The van der Waals surface area contributed by atoms with Gasteiger partial charge in [0, 0.05) is 17.3 Å². The van der Waals surface area contributed by atoms with Gasteiger partial charge in [-0.3, -0.25) is 4.98 Å². The van der Waals surface area contributed by atoms with Crippen molar-refractivity contribution in [3.8, 4) is 17.2 Å². The summed E-state index contributed by atoms with van der Waals surface area (Å²) in [6.07, 6.45) is 1.45. The molecule has 0 aliphatic heterocycles. The summed E-state index contributed by atoms with van der Waals surface area (Å²) >= 11 is 5.92. The van der Waals surface area contributed by atoms with Crippen LogP contribution in [0.5, 0.6) is 0 Å². The largest absolute Gasteiger partial charge is 0.258 e. The topological polar surface area (TPSA) is 36.7 Å². The Morgan fingerprint density at radius 3 is 2.78 bits per heavy atom. The highest BCUT2D eigenvalue weighted by Gasteiger charge is 2.11. The van der Waals surface area contributed by atoms with Crippen molar-refractivity contribution in [2.75, 3.05) is 0 Å². The van der Waals surface area contributed by atoms with Crippen LogP contribution in [0, 0.1) is 23.0 Å². The Morgan fingerprint density at radius 1 is 1.33 bits per heavy atom. The molecule has 2 aromatic rings. The van der Waals surface area contributed by atoms with Gasteiger partial charge in [0.15, 0.2) is 11.6 Å². The van der Waals surface area contributed by atoms with Crippen LogP contribution in [0.1, 0.15) is 5.69 Å². The summed E-state index contributed by atoms with van der Waals surface area (Å²) in [4.78, 5) is 3.97.